The van der Waals surface area contributed by atoms with E-state index in [2.05, 4.69) is 45.3 Å². The van der Waals surface area contributed by atoms with Gasteiger partial charge in [0.05, 0.1) is 0 Å². The van der Waals surface area contributed by atoms with Gasteiger partial charge in [0.15, 0.2) is 0 Å². The number of nitrogens with one attached hydrogen (secondary N) is 1. The molecular formula is C16H15N3OSe. The molecule has 0 aromatic heterocycles. The first kappa shape index (κ1) is 12.9. The van der Waals surface area contributed by atoms with Gasteiger partial charge in [-0.25, -0.2) is 0 Å². The molecule has 0 bridgehead atoms. The number of nitrogens with zero attached hydrogens (tertiary/aromatic N) is 2. The number of rotatable bonds is 2. The Morgan fingerprint density at radius 3 is 2.86 bits per heavy atom. The summed E-state index contributed by atoms with van der Waals surface area (Å²) in [5, 5.41) is 3.62. The van der Waals surface area contributed by atoms with Gasteiger partial charge in [0.2, 0.25) is 0 Å². The van der Waals surface area contributed by atoms with Gasteiger partial charge < -0.3 is 0 Å². The zero-order valence-corrected chi connectivity index (χ0v) is 13.5. The van der Waals surface area contributed by atoms with Gasteiger partial charge >= 0.3 is 129 Å². The molecule has 21 heavy (non-hydrogen) atoms. The fraction of sp³-hybridized carbons (Fsp3) is 0.250. The summed E-state index contributed by atoms with van der Waals surface area (Å²) in [5.74, 6) is 0.957. The van der Waals surface area contributed by atoms with Crippen LogP contribution in [-0.4, -0.2) is 20.2 Å². The van der Waals surface area contributed by atoms with Crippen molar-refractivity contribution in [3.05, 3.63) is 48.0 Å². The van der Waals surface area contributed by atoms with Crippen molar-refractivity contribution >= 4 is 31.6 Å². The summed E-state index contributed by atoms with van der Waals surface area (Å²) in [4.78, 5) is 0. The Morgan fingerprint density at radius 2 is 1.95 bits per heavy atom. The van der Waals surface area contributed by atoms with Gasteiger partial charge in [-0.3, -0.25) is 0 Å². The summed E-state index contributed by atoms with van der Waals surface area (Å²) in [6.07, 6.45) is 0. The summed E-state index contributed by atoms with van der Waals surface area (Å²) in [6.45, 7) is 4.22. The van der Waals surface area contributed by atoms with E-state index in [9.17, 15) is 0 Å². The number of hydrogen-bond acceptors (Lipinski definition) is 4. The minimum atomic E-state index is -0.298. The van der Waals surface area contributed by atoms with Crippen molar-refractivity contribution < 1.29 is 4.74 Å². The van der Waals surface area contributed by atoms with E-state index in [-0.39, 0.29) is 26.2 Å². The summed E-state index contributed by atoms with van der Waals surface area (Å²) >= 11 is -0.0142. The monoisotopic (exact) mass is 345 g/mol. The van der Waals surface area contributed by atoms with Crippen molar-refractivity contribution in [2.75, 3.05) is 5.32 Å². The number of fused-ring (bicyclic) bond motifs is 2. The van der Waals surface area contributed by atoms with Crippen LogP contribution in [0, 0.1) is 0 Å². The maximum absolute atomic E-state index is 6.09. The average Bonchev–Trinajstić information content (AvgIpc) is 3.02. The topological polar surface area (TPSA) is 46.0 Å². The van der Waals surface area contributed by atoms with Crippen LogP contribution in [0.4, 0.5) is 17.1 Å². The Bertz CT molecular complexity index is 794. The van der Waals surface area contributed by atoms with Gasteiger partial charge in [-0.05, 0) is 0 Å². The molecule has 1 atom stereocenters. The second kappa shape index (κ2) is 4.58. The van der Waals surface area contributed by atoms with Crippen molar-refractivity contribution in [1.82, 2.24) is 0 Å². The van der Waals surface area contributed by atoms with Gasteiger partial charge in [0.25, 0.3) is 0 Å². The molecular weight excluding hydrogens is 329 g/mol. The number of hydrogen-bond donors (Lipinski definition) is 1. The molecule has 4 rings (SSSR count). The molecule has 0 fully saturated rings. The van der Waals surface area contributed by atoms with E-state index in [1.807, 2.05) is 24.3 Å². The Labute approximate surface area is 129 Å². The second-order valence-electron chi connectivity index (χ2n) is 5.76. The fourth-order valence-corrected chi connectivity index (χ4v) is 4.01. The molecule has 1 N–H and O–H groups in total. The summed E-state index contributed by atoms with van der Waals surface area (Å²) in [5.41, 5.74) is 3.91. The Balaban J connectivity index is 1.75. The van der Waals surface area contributed by atoms with E-state index < -0.39 is 0 Å². The van der Waals surface area contributed by atoms with Crippen molar-refractivity contribution in [3.63, 3.8) is 0 Å². The molecule has 106 valence electrons. The van der Waals surface area contributed by atoms with Gasteiger partial charge in [-0.15, -0.1) is 0 Å². The third-order valence-electron chi connectivity index (χ3n) is 3.88. The van der Waals surface area contributed by atoms with Crippen molar-refractivity contribution in [2.45, 2.75) is 25.5 Å². The summed E-state index contributed by atoms with van der Waals surface area (Å²) < 4.78 is 15.1. The Kier molecular flexibility index (Phi) is 2.81. The van der Waals surface area contributed by atoms with Crippen molar-refractivity contribution in [2.24, 2.45) is 7.92 Å². The van der Waals surface area contributed by atoms with E-state index in [1.165, 1.54) is 5.56 Å². The van der Waals surface area contributed by atoms with E-state index in [0.29, 0.717) is 0 Å². The van der Waals surface area contributed by atoms with Crippen LogP contribution in [0.2, 0.25) is 0 Å². The number of ether oxygens (including phenoxy) is 1. The first-order valence-corrected chi connectivity index (χ1v) is 8.44. The second-order valence-corrected chi connectivity index (χ2v) is 6.87. The van der Waals surface area contributed by atoms with Crippen LogP contribution in [0.25, 0.3) is 0 Å². The van der Waals surface area contributed by atoms with E-state index >= 15 is 0 Å². The zero-order valence-electron chi connectivity index (χ0n) is 11.8. The van der Waals surface area contributed by atoms with E-state index in [0.717, 1.165) is 22.8 Å². The fourth-order valence-electron chi connectivity index (χ4n) is 2.86. The van der Waals surface area contributed by atoms with E-state index in [1.54, 1.807) is 0 Å². The molecule has 1 unspecified atom stereocenters. The van der Waals surface area contributed by atoms with E-state index in [4.69, 9.17) is 4.74 Å². The first-order valence-electron chi connectivity index (χ1n) is 6.91. The quantitative estimate of drug-likeness (QED) is 0.702. The Hall–Kier alpha value is -1.84. The van der Waals surface area contributed by atoms with Gasteiger partial charge in [0, 0.05) is 0 Å². The number of para-hydroxylation sites is 1. The zero-order chi connectivity index (χ0) is 14.4. The Morgan fingerprint density at radius 1 is 1.10 bits per heavy atom. The third-order valence-corrected chi connectivity index (χ3v) is 5.02. The molecule has 2 heterocycles. The number of benzene rings is 2. The van der Waals surface area contributed by atoms with Crippen LogP contribution in [0.3, 0.4) is 0 Å². The predicted molar refractivity (Wildman–Crippen MR) is 83.9 cm³/mol. The third kappa shape index (κ3) is 2.04. The molecule has 2 aliphatic heterocycles. The standard InChI is InChI=1S/C16H15N3OSe/c1-16(2)15(10-6-3-4-9-13(10)20-16)17-11-7-5-8-12-14(11)19-21-18-12/h3-9,15,17H,1-2H3. The molecule has 4 nitrogen and oxygen atoms in total. The van der Waals surface area contributed by atoms with Crippen LogP contribution in [0.15, 0.2) is 50.4 Å². The summed E-state index contributed by atoms with van der Waals surface area (Å²) in [6, 6.07) is 14.4. The van der Waals surface area contributed by atoms with Crippen LogP contribution in [-0.2, 0) is 0 Å². The summed E-state index contributed by atoms with van der Waals surface area (Å²) in [7, 11) is 0. The maximum atomic E-state index is 6.09. The van der Waals surface area contributed by atoms with Crippen LogP contribution >= 0.6 is 0 Å². The minimum absolute atomic E-state index is 0.0142. The normalized spacial score (nSPS) is 20.4. The van der Waals surface area contributed by atoms with Gasteiger partial charge in [-0.2, -0.15) is 0 Å². The van der Waals surface area contributed by atoms with Crippen molar-refractivity contribution in [3.8, 4) is 5.75 Å². The molecule has 0 amide bonds. The predicted octanol–water partition coefficient (Wildman–Crippen LogP) is 4.36. The van der Waals surface area contributed by atoms with Gasteiger partial charge in [0.1, 0.15) is 0 Å². The van der Waals surface area contributed by atoms with Gasteiger partial charge in [-0.1, -0.05) is 0 Å². The van der Waals surface area contributed by atoms with Crippen molar-refractivity contribution in [1.29, 1.82) is 0 Å². The van der Waals surface area contributed by atoms with Crippen LogP contribution in [0.1, 0.15) is 25.5 Å². The molecule has 0 saturated heterocycles. The first-order chi connectivity index (χ1) is 10.1. The molecule has 0 saturated carbocycles. The molecule has 0 aliphatic carbocycles. The SMILES string of the molecule is CC1(C)Oc2ccccc2C1Nc1cccc2c1N=[Se]=N2. The van der Waals surface area contributed by atoms with Crippen LogP contribution in [0.5, 0.6) is 5.75 Å². The molecule has 2 aliphatic rings. The molecule has 5 heteroatoms. The van der Waals surface area contributed by atoms with Crippen LogP contribution < -0.4 is 10.1 Å². The average molecular weight is 344 g/mol. The molecule has 2 aromatic carbocycles. The molecule has 0 radical (unpaired) electrons. The molecule has 0 spiro atoms. The number of anilines is 1. The molecule has 2 aromatic rings.